The van der Waals surface area contributed by atoms with E-state index < -0.39 is 16.8 Å². The van der Waals surface area contributed by atoms with Gasteiger partial charge in [-0.05, 0) is 36.6 Å². The Morgan fingerprint density at radius 3 is 2.52 bits per heavy atom. The fourth-order valence-electron chi connectivity index (χ4n) is 2.90. The SMILES string of the molecule is Cc1c(C=O)sc2c1c(=O)n(C1CC1C)c(=O)n2CCSC(F)(F)F. The Bertz CT molecular complexity index is 958. The zero-order valence-corrected chi connectivity index (χ0v) is 15.1. The number of thioether (sulfide) groups is 1. The molecule has 0 amide bonds. The molecule has 0 aromatic carbocycles. The molecule has 5 nitrogen and oxygen atoms in total. The van der Waals surface area contributed by atoms with E-state index in [4.69, 9.17) is 0 Å². The molecule has 25 heavy (non-hydrogen) atoms. The lowest BCUT2D eigenvalue weighted by Crippen LogP contribution is -2.40. The molecule has 0 spiro atoms. The second-order valence-electron chi connectivity index (χ2n) is 6.07. The molecule has 2 aromatic heterocycles. The Kier molecular flexibility index (Phi) is 4.61. The largest absolute Gasteiger partial charge is 0.441 e. The van der Waals surface area contributed by atoms with Crippen molar-refractivity contribution < 1.29 is 18.0 Å². The van der Waals surface area contributed by atoms with Crippen molar-refractivity contribution >= 4 is 39.6 Å². The first-order chi connectivity index (χ1) is 11.7. The summed E-state index contributed by atoms with van der Waals surface area (Å²) in [5.74, 6) is -0.171. The third-order valence-electron chi connectivity index (χ3n) is 4.37. The number of halogens is 3. The number of aromatic nitrogens is 2. The first-order valence-electron chi connectivity index (χ1n) is 7.60. The van der Waals surface area contributed by atoms with Crippen LogP contribution in [0.4, 0.5) is 13.2 Å². The van der Waals surface area contributed by atoms with Crippen molar-refractivity contribution in [3.63, 3.8) is 0 Å². The highest BCUT2D eigenvalue weighted by Gasteiger charge is 2.38. The van der Waals surface area contributed by atoms with Gasteiger partial charge in [0.25, 0.3) is 5.56 Å². The Morgan fingerprint density at radius 2 is 2.00 bits per heavy atom. The van der Waals surface area contributed by atoms with Gasteiger partial charge >= 0.3 is 11.2 Å². The van der Waals surface area contributed by atoms with Crippen molar-refractivity contribution in [2.24, 2.45) is 5.92 Å². The molecule has 2 aromatic rings. The fraction of sp³-hybridized carbons (Fsp3) is 0.533. The molecule has 0 saturated heterocycles. The van der Waals surface area contributed by atoms with Gasteiger partial charge in [-0.2, -0.15) is 13.2 Å². The van der Waals surface area contributed by atoms with Gasteiger partial charge in [-0.1, -0.05) is 6.92 Å². The first kappa shape index (κ1) is 18.2. The predicted octanol–water partition coefficient (Wildman–Crippen LogP) is 3.18. The van der Waals surface area contributed by atoms with Crippen LogP contribution in [0.5, 0.6) is 0 Å². The van der Waals surface area contributed by atoms with E-state index in [0.717, 1.165) is 15.9 Å². The monoisotopic (exact) mass is 392 g/mol. The molecule has 1 aliphatic carbocycles. The van der Waals surface area contributed by atoms with Gasteiger partial charge < -0.3 is 0 Å². The van der Waals surface area contributed by atoms with Gasteiger partial charge in [0.2, 0.25) is 0 Å². The average molecular weight is 392 g/mol. The van der Waals surface area contributed by atoms with Gasteiger partial charge in [-0.15, -0.1) is 11.3 Å². The fourth-order valence-corrected chi connectivity index (χ4v) is 4.54. The number of rotatable bonds is 5. The van der Waals surface area contributed by atoms with Gasteiger partial charge in [0.15, 0.2) is 6.29 Å². The van der Waals surface area contributed by atoms with Gasteiger partial charge in [-0.3, -0.25) is 18.7 Å². The van der Waals surface area contributed by atoms with Gasteiger partial charge in [0.05, 0.1) is 10.3 Å². The number of hydrogen-bond acceptors (Lipinski definition) is 5. The van der Waals surface area contributed by atoms with Crippen LogP contribution in [0, 0.1) is 12.8 Å². The third kappa shape index (κ3) is 3.29. The lowest BCUT2D eigenvalue weighted by Gasteiger charge is -2.12. The first-order valence-corrected chi connectivity index (χ1v) is 9.40. The molecule has 1 fully saturated rings. The molecule has 0 aliphatic heterocycles. The highest BCUT2D eigenvalue weighted by Crippen LogP contribution is 2.41. The molecule has 2 heterocycles. The van der Waals surface area contributed by atoms with Gasteiger partial charge in [-0.25, -0.2) is 4.79 Å². The molecule has 1 aliphatic rings. The summed E-state index contributed by atoms with van der Waals surface area (Å²) in [6.07, 6.45) is 1.28. The second kappa shape index (κ2) is 6.31. The minimum Gasteiger partial charge on any atom is -0.297 e. The molecular weight excluding hydrogens is 377 g/mol. The number of fused-ring (bicyclic) bond motifs is 1. The molecule has 10 heteroatoms. The quantitative estimate of drug-likeness (QED) is 0.734. The summed E-state index contributed by atoms with van der Waals surface area (Å²) < 4.78 is 39.6. The van der Waals surface area contributed by atoms with Gasteiger partial charge in [0, 0.05) is 18.3 Å². The highest BCUT2D eigenvalue weighted by atomic mass is 32.2. The van der Waals surface area contributed by atoms with Crippen molar-refractivity contribution in [3.8, 4) is 0 Å². The van der Waals surface area contributed by atoms with Crippen LogP contribution in [0.15, 0.2) is 9.59 Å². The Balaban J connectivity index is 2.18. The van der Waals surface area contributed by atoms with Crippen molar-refractivity contribution in [2.75, 3.05) is 5.75 Å². The molecular formula is C15H15F3N2O3S2. The smallest absolute Gasteiger partial charge is 0.297 e. The van der Waals surface area contributed by atoms with Crippen molar-refractivity contribution in [1.82, 2.24) is 9.13 Å². The number of aryl methyl sites for hydroxylation is 2. The summed E-state index contributed by atoms with van der Waals surface area (Å²) in [7, 11) is 0. The average Bonchev–Trinajstić information content (AvgIpc) is 3.11. The van der Waals surface area contributed by atoms with Crippen LogP contribution < -0.4 is 11.2 Å². The third-order valence-corrected chi connectivity index (χ3v) is 6.32. The van der Waals surface area contributed by atoms with E-state index in [2.05, 4.69) is 0 Å². The molecule has 1 saturated carbocycles. The van der Waals surface area contributed by atoms with E-state index >= 15 is 0 Å². The lowest BCUT2D eigenvalue weighted by atomic mass is 10.2. The minimum absolute atomic E-state index is 0.172. The van der Waals surface area contributed by atoms with E-state index in [0.29, 0.717) is 23.1 Å². The molecule has 0 N–H and O–H groups in total. The van der Waals surface area contributed by atoms with E-state index in [1.807, 2.05) is 6.92 Å². The number of hydrogen-bond donors (Lipinski definition) is 0. The van der Waals surface area contributed by atoms with E-state index in [1.54, 1.807) is 6.92 Å². The summed E-state index contributed by atoms with van der Waals surface area (Å²) in [4.78, 5) is 37.3. The molecule has 2 atom stereocenters. The predicted molar refractivity (Wildman–Crippen MR) is 91.8 cm³/mol. The van der Waals surface area contributed by atoms with Crippen LogP contribution in [0.2, 0.25) is 0 Å². The van der Waals surface area contributed by atoms with Gasteiger partial charge in [0.1, 0.15) is 4.83 Å². The summed E-state index contributed by atoms with van der Waals surface area (Å²) in [6, 6.07) is -0.232. The zero-order valence-electron chi connectivity index (χ0n) is 13.4. The molecule has 0 bridgehead atoms. The van der Waals surface area contributed by atoms with Crippen molar-refractivity contribution in [1.29, 1.82) is 0 Å². The summed E-state index contributed by atoms with van der Waals surface area (Å²) >= 11 is 0.754. The van der Waals surface area contributed by atoms with E-state index in [-0.39, 0.29) is 46.2 Å². The summed E-state index contributed by atoms with van der Waals surface area (Å²) in [5, 5.41) is 0.253. The Hall–Kier alpha value is -1.55. The number of thiophene rings is 1. The highest BCUT2D eigenvalue weighted by molar-refractivity contribution is 8.00. The standard InChI is InChI=1S/C15H15F3N2O3S2/c1-7-5-9(7)20-12(22)11-8(2)10(6-21)25-13(11)19(14(20)23)3-4-24-15(16,17)18/h6-7,9H,3-5H2,1-2H3. The van der Waals surface area contributed by atoms with Crippen molar-refractivity contribution in [2.45, 2.75) is 38.4 Å². The second-order valence-corrected chi connectivity index (χ2v) is 8.26. The van der Waals surface area contributed by atoms with Crippen molar-refractivity contribution in [3.05, 3.63) is 31.3 Å². The van der Waals surface area contributed by atoms with Crippen LogP contribution in [-0.4, -0.2) is 26.7 Å². The van der Waals surface area contributed by atoms with Crippen LogP contribution in [-0.2, 0) is 6.54 Å². The zero-order chi connectivity index (χ0) is 18.5. The Morgan fingerprint density at radius 1 is 1.36 bits per heavy atom. The summed E-state index contributed by atoms with van der Waals surface area (Å²) in [5.41, 5.74) is -4.98. The lowest BCUT2D eigenvalue weighted by molar-refractivity contribution is -0.0328. The molecule has 2 unspecified atom stereocenters. The maximum Gasteiger partial charge on any atom is 0.441 e. The number of alkyl halides is 3. The number of nitrogens with zero attached hydrogens (tertiary/aromatic N) is 2. The van der Waals surface area contributed by atoms with E-state index in [1.165, 1.54) is 4.57 Å². The number of carbonyl (C=O) groups is 1. The maximum absolute atomic E-state index is 12.8. The summed E-state index contributed by atoms with van der Waals surface area (Å²) in [6.45, 7) is 3.34. The number of aldehydes is 1. The Labute approximate surface area is 148 Å². The van der Waals surface area contributed by atoms with Crippen LogP contribution in [0.3, 0.4) is 0 Å². The number of carbonyl (C=O) groups excluding carboxylic acids is 1. The van der Waals surface area contributed by atoms with E-state index in [9.17, 15) is 27.6 Å². The minimum atomic E-state index is -4.39. The molecule has 3 rings (SSSR count). The molecule has 0 radical (unpaired) electrons. The van der Waals surface area contributed by atoms with Crippen LogP contribution in [0.25, 0.3) is 10.2 Å². The maximum atomic E-state index is 12.8. The normalized spacial score (nSPS) is 20.2. The topological polar surface area (TPSA) is 61.1 Å². The molecule has 136 valence electrons. The van der Waals surface area contributed by atoms with Crippen LogP contribution >= 0.6 is 23.1 Å². The van der Waals surface area contributed by atoms with Crippen LogP contribution in [0.1, 0.15) is 34.6 Å².